The summed E-state index contributed by atoms with van der Waals surface area (Å²) in [5.41, 5.74) is 1.24. The minimum atomic E-state index is -1.37. The lowest BCUT2D eigenvalue weighted by molar-refractivity contribution is 0.583. The van der Waals surface area contributed by atoms with Gasteiger partial charge in [-0.25, -0.2) is 0 Å². The van der Waals surface area contributed by atoms with E-state index >= 15 is 0 Å². The summed E-state index contributed by atoms with van der Waals surface area (Å²) in [6, 6.07) is 7.60. The highest BCUT2D eigenvalue weighted by Gasteiger charge is 2.16. The Kier molecular flexibility index (Phi) is 3.01. The fourth-order valence-electron chi connectivity index (χ4n) is 1.09. The van der Waals surface area contributed by atoms with Gasteiger partial charge < -0.3 is 4.55 Å². The summed E-state index contributed by atoms with van der Waals surface area (Å²) in [6.45, 7) is 6.35. The van der Waals surface area contributed by atoms with Crippen LogP contribution in [-0.2, 0) is 16.8 Å². The molecule has 0 fully saturated rings. The summed E-state index contributed by atoms with van der Waals surface area (Å²) in [7, 11) is 0. The van der Waals surface area contributed by atoms with Crippen molar-refractivity contribution in [1.29, 1.82) is 0 Å². The van der Waals surface area contributed by atoms with Crippen molar-refractivity contribution in [3.8, 4) is 0 Å². The first-order valence-corrected chi connectivity index (χ1v) is 5.39. The van der Waals surface area contributed by atoms with Crippen LogP contribution in [0, 0.1) is 0 Å². The van der Waals surface area contributed by atoms with E-state index in [9.17, 15) is 4.55 Å². The predicted molar refractivity (Wildman–Crippen MR) is 55.7 cm³/mol. The average molecular weight is 197 g/mol. The molecule has 1 unspecified atom stereocenters. The van der Waals surface area contributed by atoms with E-state index in [0.717, 1.165) is 5.56 Å². The van der Waals surface area contributed by atoms with Gasteiger partial charge >= 0.3 is 0 Å². The third kappa shape index (κ3) is 2.72. The van der Waals surface area contributed by atoms with Crippen molar-refractivity contribution >= 4 is 11.4 Å². The SMILES string of the molecule is CC(C)(C)c1cccc([S+](N)[O-])c1. The summed E-state index contributed by atoms with van der Waals surface area (Å²) < 4.78 is 11.0. The molecule has 0 spiro atoms. The second-order valence-electron chi connectivity index (χ2n) is 4.08. The zero-order chi connectivity index (χ0) is 10.1. The Bertz CT molecular complexity index is 291. The first kappa shape index (κ1) is 10.6. The molecule has 2 N–H and O–H groups in total. The fraction of sp³-hybridized carbons (Fsp3) is 0.400. The summed E-state index contributed by atoms with van der Waals surface area (Å²) in [4.78, 5) is 0.687. The molecule has 0 saturated carbocycles. The molecule has 1 aromatic carbocycles. The molecule has 0 aliphatic carbocycles. The van der Waals surface area contributed by atoms with Crippen molar-refractivity contribution in [2.45, 2.75) is 31.1 Å². The Labute approximate surface area is 82.5 Å². The van der Waals surface area contributed by atoms with Crippen LogP contribution in [0.15, 0.2) is 29.2 Å². The van der Waals surface area contributed by atoms with Crippen LogP contribution in [0.4, 0.5) is 0 Å². The van der Waals surface area contributed by atoms with Crippen LogP contribution in [0.25, 0.3) is 0 Å². The molecule has 0 bridgehead atoms. The maximum Gasteiger partial charge on any atom is 0.173 e. The molecule has 3 heteroatoms. The Morgan fingerprint density at radius 2 is 1.92 bits per heavy atom. The molecule has 1 aromatic rings. The standard InChI is InChI=1S/C10H15NOS/c1-10(2,3)8-5-4-6-9(7-8)13(11)12/h4-7H,11H2,1-3H3. The minimum absolute atomic E-state index is 0.0788. The molecule has 2 nitrogen and oxygen atoms in total. The highest BCUT2D eigenvalue weighted by molar-refractivity contribution is 7.89. The van der Waals surface area contributed by atoms with E-state index in [-0.39, 0.29) is 5.41 Å². The topological polar surface area (TPSA) is 49.1 Å². The molecule has 1 rings (SSSR count). The highest BCUT2D eigenvalue weighted by atomic mass is 32.2. The quantitative estimate of drug-likeness (QED) is 0.700. The van der Waals surface area contributed by atoms with Gasteiger partial charge in [0.2, 0.25) is 0 Å². The van der Waals surface area contributed by atoms with E-state index in [1.54, 1.807) is 6.07 Å². The van der Waals surface area contributed by atoms with Gasteiger partial charge in [-0.05, 0) is 23.1 Å². The van der Waals surface area contributed by atoms with Gasteiger partial charge in [0.15, 0.2) is 4.90 Å². The van der Waals surface area contributed by atoms with Crippen LogP contribution in [-0.4, -0.2) is 4.55 Å². The molecule has 0 heterocycles. The van der Waals surface area contributed by atoms with Gasteiger partial charge in [-0.2, -0.15) is 0 Å². The monoisotopic (exact) mass is 197 g/mol. The zero-order valence-corrected chi connectivity index (χ0v) is 9.02. The lowest BCUT2D eigenvalue weighted by Gasteiger charge is -2.19. The van der Waals surface area contributed by atoms with Crippen LogP contribution in [0.2, 0.25) is 0 Å². The number of nitrogens with two attached hydrogens (primary N) is 1. The average Bonchev–Trinajstić information content (AvgIpc) is 2.03. The maximum absolute atomic E-state index is 11.0. The molecule has 72 valence electrons. The number of benzene rings is 1. The molecule has 0 aliphatic rings. The zero-order valence-electron chi connectivity index (χ0n) is 8.20. The van der Waals surface area contributed by atoms with Gasteiger partial charge in [0.05, 0.1) is 11.4 Å². The number of hydrogen-bond donors (Lipinski definition) is 1. The summed E-state index contributed by atoms with van der Waals surface area (Å²) in [5, 5.41) is 5.30. The highest BCUT2D eigenvalue weighted by Crippen LogP contribution is 2.23. The van der Waals surface area contributed by atoms with Crippen LogP contribution >= 0.6 is 0 Å². The van der Waals surface area contributed by atoms with Crippen molar-refractivity contribution in [3.63, 3.8) is 0 Å². The van der Waals surface area contributed by atoms with Gasteiger partial charge in [0.1, 0.15) is 0 Å². The lowest BCUT2D eigenvalue weighted by Crippen LogP contribution is -2.15. The van der Waals surface area contributed by atoms with Gasteiger partial charge in [0.25, 0.3) is 0 Å². The first-order valence-electron chi connectivity index (χ1n) is 4.18. The van der Waals surface area contributed by atoms with Gasteiger partial charge in [-0.15, -0.1) is 5.14 Å². The minimum Gasteiger partial charge on any atom is -0.593 e. The van der Waals surface area contributed by atoms with E-state index in [1.807, 2.05) is 18.2 Å². The smallest absolute Gasteiger partial charge is 0.173 e. The summed E-state index contributed by atoms with van der Waals surface area (Å²) >= 11 is -1.37. The Morgan fingerprint density at radius 1 is 1.31 bits per heavy atom. The molecule has 0 radical (unpaired) electrons. The molecule has 0 saturated heterocycles. The van der Waals surface area contributed by atoms with Crippen LogP contribution in [0.3, 0.4) is 0 Å². The molecule has 0 amide bonds. The van der Waals surface area contributed by atoms with E-state index < -0.39 is 11.4 Å². The van der Waals surface area contributed by atoms with Gasteiger partial charge in [-0.1, -0.05) is 32.9 Å². The fourth-order valence-corrected chi connectivity index (χ4v) is 1.54. The van der Waals surface area contributed by atoms with Gasteiger partial charge in [0, 0.05) is 0 Å². The maximum atomic E-state index is 11.0. The van der Waals surface area contributed by atoms with Crippen LogP contribution in [0.1, 0.15) is 26.3 Å². The Morgan fingerprint density at radius 3 is 2.38 bits per heavy atom. The largest absolute Gasteiger partial charge is 0.593 e. The second-order valence-corrected chi connectivity index (χ2v) is 5.14. The molecule has 1 atom stereocenters. The van der Waals surface area contributed by atoms with Crippen LogP contribution in [0.5, 0.6) is 0 Å². The number of hydrogen-bond acceptors (Lipinski definition) is 2. The predicted octanol–water partition coefficient (Wildman–Crippen LogP) is 1.97. The van der Waals surface area contributed by atoms with Crippen LogP contribution < -0.4 is 5.14 Å². The van der Waals surface area contributed by atoms with Crippen molar-refractivity contribution in [3.05, 3.63) is 29.8 Å². The van der Waals surface area contributed by atoms with E-state index in [1.165, 1.54) is 0 Å². The molecule has 13 heavy (non-hydrogen) atoms. The molecule has 0 aliphatic heterocycles. The van der Waals surface area contributed by atoms with Crippen molar-refractivity contribution < 1.29 is 4.55 Å². The van der Waals surface area contributed by atoms with E-state index in [4.69, 9.17) is 5.14 Å². The van der Waals surface area contributed by atoms with Crippen molar-refractivity contribution in [1.82, 2.24) is 0 Å². The second kappa shape index (κ2) is 3.70. The third-order valence-corrected chi connectivity index (χ3v) is 2.65. The normalized spacial score (nSPS) is 14.2. The van der Waals surface area contributed by atoms with E-state index in [2.05, 4.69) is 20.8 Å². The Balaban J connectivity index is 3.06. The molecular formula is C10H15NOS. The van der Waals surface area contributed by atoms with Crippen molar-refractivity contribution in [2.75, 3.05) is 0 Å². The molecular weight excluding hydrogens is 182 g/mol. The summed E-state index contributed by atoms with van der Waals surface area (Å²) in [6.07, 6.45) is 0. The number of rotatable bonds is 1. The lowest BCUT2D eigenvalue weighted by atomic mass is 9.87. The molecule has 0 aromatic heterocycles. The summed E-state index contributed by atoms with van der Waals surface area (Å²) in [5.74, 6) is 0. The van der Waals surface area contributed by atoms with Crippen molar-refractivity contribution in [2.24, 2.45) is 5.14 Å². The Hall–Kier alpha value is -0.510. The van der Waals surface area contributed by atoms with E-state index in [0.29, 0.717) is 4.90 Å². The first-order chi connectivity index (χ1) is 5.91. The van der Waals surface area contributed by atoms with Gasteiger partial charge in [-0.3, -0.25) is 0 Å². The third-order valence-electron chi connectivity index (χ3n) is 1.93.